The van der Waals surface area contributed by atoms with Crippen LogP contribution in [0.15, 0.2) is 47.4 Å². The molecule has 0 saturated heterocycles. The molecule has 2 amide bonds. The largest absolute Gasteiger partial charge is 0.501 e. The molecule has 0 unspecified atom stereocenters. The zero-order valence-corrected chi connectivity index (χ0v) is 13.6. The highest BCUT2D eigenvalue weighted by molar-refractivity contribution is 7.92. The van der Waals surface area contributed by atoms with Crippen molar-refractivity contribution in [1.29, 1.82) is 0 Å². The molecule has 0 aliphatic heterocycles. The highest BCUT2D eigenvalue weighted by Gasteiger charge is 2.48. The second-order valence-corrected chi connectivity index (χ2v) is 7.00. The number of carbonyl (C=O) groups excluding carboxylic acids is 1. The van der Waals surface area contributed by atoms with Crippen molar-refractivity contribution in [2.45, 2.75) is 10.4 Å². The van der Waals surface area contributed by atoms with E-state index in [9.17, 15) is 30.8 Å². The molecule has 0 saturated carbocycles. The molecule has 5 nitrogen and oxygen atoms in total. The van der Waals surface area contributed by atoms with Crippen molar-refractivity contribution < 1.29 is 30.8 Å². The van der Waals surface area contributed by atoms with E-state index in [4.69, 9.17) is 11.6 Å². The van der Waals surface area contributed by atoms with E-state index in [1.807, 2.05) is 0 Å². The Morgan fingerprint density at radius 1 is 0.960 bits per heavy atom. The smallest absolute Gasteiger partial charge is 0.308 e. The van der Waals surface area contributed by atoms with Gasteiger partial charge in [-0.1, -0.05) is 11.6 Å². The fourth-order valence-corrected chi connectivity index (χ4v) is 3.02. The maximum absolute atomic E-state index is 12.8. The Morgan fingerprint density at radius 3 is 2.04 bits per heavy atom. The molecule has 2 aromatic carbocycles. The van der Waals surface area contributed by atoms with E-state index >= 15 is 0 Å². The fourth-order valence-electron chi connectivity index (χ4n) is 1.74. The monoisotopic (exact) mass is 396 g/mol. The third kappa shape index (κ3) is 4.40. The highest BCUT2D eigenvalue weighted by atomic mass is 35.5. The average Bonchev–Trinajstić information content (AvgIpc) is 2.50. The number of carbonyl (C=O) groups is 1. The molecule has 0 aromatic heterocycles. The van der Waals surface area contributed by atoms with Gasteiger partial charge in [-0.3, -0.25) is 0 Å². The molecule has 2 N–H and O–H groups in total. The summed E-state index contributed by atoms with van der Waals surface area (Å²) in [5, 5.41) is 3.82. The third-order valence-electron chi connectivity index (χ3n) is 2.89. The number of alkyl halides is 3. The second kappa shape index (κ2) is 6.89. The number of amides is 2. The molecule has 2 rings (SSSR count). The molecule has 11 heteroatoms. The fraction of sp³-hybridized carbons (Fsp3) is 0.0714. The lowest BCUT2D eigenvalue weighted by Gasteiger charge is -2.12. The Kier molecular flexibility index (Phi) is 5.23. The number of halogens is 5. The molecule has 0 radical (unpaired) electrons. The van der Waals surface area contributed by atoms with Gasteiger partial charge in [-0.25, -0.2) is 17.6 Å². The molecule has 0 heterocycles. The van der Waals surface area contributed by atoms with Gasteiger partial charge in [0.1, 0.15) is 5.82 Å². The number of rotatable bonds is 3. The van der Waals surface area contributed by atoms with E-state index in [1.165, 1.54) is 12.1 Å². The standard InChI is InChI=1S/C14H9ClF4N2O3S/c15-11-6-5-10(7-12(11)25(23,24)14(17,18)19)21-13(22)20-9-3-1-8(16)2-4-9/h1-7H,(H2,20,21,22). The summed E-state index contributed by atoms with van der Waals surface area (Å²) in [6.07, 6.45) is 0. The highest BCUT2D eigenvalue weighted by Crippen LogP contribution is 2.35. The van der Waals surface area contributed by atoms with Crippen molar-refractivity contribution in [1.82, 2.24) is 0 Å². The molecular weight excluding hydrogens is 388 g/mol. The number of benzene rings is 2. The summed E-state index contributed by atoms with van der Waals surface area (Å²) in [6, 6.07) is 6.46. The Morgan fingerprint density at radius 2 is 1.48 bits per heavy atom. The van der Waals surface area contributed by atoms with Gasteiger partial charge in [0.05, 0.1) is 9.92 Å². The van der Waals surface area contributed by atoms with Gasteiger partial charge in [-0.15, -0.1) is 0 Å². The van der Waals surface area contributed by atoms with Gasteiger partial charge in [0.15, 0.2) is 0 Å². The summed E-state index contributed by atoms with van der Waals surface area (Å²) in [6.45, 7) is 0. The second-order valence-electron chi connectivity index (χ2n) is 4.68. The zero-order valence-electron chi connectivity index (χ0n) is 12.1. The number of anilines is 2. The Bertz CT molecular complexity index is 899. The zero-order chi connectivity index (χ0) is 18.8. The van der Waals surface area contributed by atoms with Crippen LogP contribution in [0, 0.1) is 5.82 Å². The molecule has 0 bridgehead atoms. The molecule has 0 fully saturated rings. The van der Waals surface area contributed by atoms with Crippen molar-refractivity contribution in [2.24, 2.45) is 0 Å². The summed E-state index contributed by atoms with van der Waals surface area (Å²) in [5.41, 5.74) is -5.55. The summed E-state index contributed by atoms with van der Waals surface area (Å²) < 4.78 is 73.6. The van der Waals surface area contributed by atoms with Crippen LogP contribution in [0.25, 0.3) is 0 Å². The van der Waals surface area contributed by atoms with Crippen molar-refractivity contribution in [3.8, 4) is 0 Å². The number of nitrogens with one attached hydrogen (secondary N) is 2. The van der Waals surface area contributed by atoms with Crippen LogP contribution in [-0.4, -0.2) is 20.0 Å². The van der Waals surface area contributed by atoms with Crippen molar-refractivity contribution in [2.75, 3.05) is 10.6 Å². The third-order valence-corrected chi connectivity index (χ3v) is 4.85. The summed E-state index contributed by atoms with van der Waals surface area (Å²) in [7, 11) is -5.67. The lowest BCUT2D eigenvalue weighted by Crippen LogP contribution is -2.24. The summed E-state index contributed by atoms with van der Waals surface area (Å²) in [5.74, 6) is -0.523. The van der Waals surface area contributed by atoms with Gasteiger partial charge in [-0.2, -0.15) is 13.2 Å². The quantitative estimate of drug-likeness (QED) is 0.754. The lowest BCUT2D eigenvalue weighted by molar-refractivity contribution is -0.0435. The minimum atomic E-state index is -5.67. The predicted octanol–water partition coefficient (Wildman–Crippen LogP) is 4.42. The van der Waals surface area contributed by atoms with Crippen LogP contribution < -0.4 is 10.6 Å². The molecule has 0 atom stereocenters. The minimum absolute atomic E-state index is 0.219. The molecule has 25 heavy (non-hydrogen) atoms. The molecular formula is C14H9ClF4N2O3S. The van der Waals surface area contributed by atoms with Crippen LogP contribution in [0.4, 0.5) is 33.7 Å². The van der Waals surface area contributed by atoms with Crippen molar-refractivity contribution >= 4 is 38.8 Å². The molecule has 0 spiro atoms. The summed E-state index contributed by atoms with van der Waals surface area (Å²) in [4.78, 5) is 10.6. The maximum atomic E-state index is 12.8. The predicted molar refractivity (Wildman–Crippen MR) is 83.7 cm³/mol. The van der Waals surface area contributed by atoms with E-state index in [0.717, 1.165) is 24.3 Å². The van der Waals surface area contributed by atoms with E-state index < -0.39 is 37.1 Å². The van der Waals surface area contributed by atoms with E-state index in [-0.39, 0.29) is 11.4 Å². The van der Waals surface area contributed by atoms with Gasteiger partial charge in [0.2, 0.25) is 0 Å². The van der Waals surface area contributed by atoms with Gasteiger partial charge in [0, 0.05) is 11.4 Å². The van der Waals surface area contributed by atoms with E-state index in [2.05, 4.69) is 10.6 Å². The van der Waals surface area contributed by atoms with Crippen LogP contribution >= 0.6 is 11.6 Å². The molecule has 0 aliphatic rings. The Labute approximate surface area is 144 Å². The lowest BCUT2D eigenvalue weighted by atomic mass is 10.3. The number of hydrogen-bond acceptors (Lipinski definition) is 3. The number of hydrogen-bond donors (Lipinski definition) is 2. The van der Waals surface area contributed by atoms with Gasteiger partial charge in [0.25, 0.3) is 9.84 Å². The normalized spacial score (nSPS) is 11.9. The maximum Gasteiger partial charge on any atom is 0.501 e. The van der Waals surface area contributed by atoms with Gasteiger partial charge in [-0.05, 0) is 42.5 Å². The SMILES string of the molecule is O=C(Nc1ccc(F)cc1)Nc1ccc(Cl)c(S(=O)(=O)C(F)(F)F)c1. The van der Waals surface area contributed by atoms with Crippen LogP contribution in [0.1, 0.15) is 0 Å². The average molecular weight is 397 g/mol. The molecule has 2 aromatic rings. The van der Waals surface area contributed by atoms with E-state index in [1.54, 1.807) is 0 Å². The van der Waals surface area contributed by atoms with Gasteiger partial charge >= 0.3 is 11.5 Å². The summed E-state index contributed by atoms with van der Waals surface area (Å²) >= 11 is 5.52. The van der Waals surface area contributed by atoms with Crippen molar-refractivity contribution in [3.63, 3.8) is 0 Å². The molecule has 0 aliphatic carbocycles. The Hall–Kier alpha value is -2.33. The minimum Gasteiger partial charge on any atom is -0.308 e. The van der Waals surface area contributed by atoms with Crippen LogP contribution in [0.2, 0.25) is 5.02 Å². The first-order chi connectivity index (χ1) is 11.5. The van der Waals surface area contributed by atoms with Crippen LogP contribution in [0.5, 0.6) is 0 Å². The first-order valence-electron chi connectivity index (χ1n) is 6.45. The van der Waals surface area contributed by atoms with Gasteiger partial charge < -0.3 is 10.6 Å². The topological polar surface area (TPSA) is 75.3 Å². The number of sulfone groups is 1. The number of urea groups is 1. The van der Waals surface area contributed by atoms with Crippen LogP contribution in [0.3, 0.4) is 0 Å². The van der Waals surface area contributed by atoms with Crippen molar-refractivity contribution in [3.05, 3.63) is 53.3 Å². The van der Waals surface area contributed by atoms with E-state index in [0.29, 0.717) is 6.07 Å². The first-order valence-corrected chi connectivity index (χ1v) is 8.31. The Balaban J connectivity index is 2.22. The first kappa shape index (κ1) is 19.0. The van der Waals surface area contributed by atoms with Crippen LogP contribution in [-0.2, 0) is 9.84 Å². The molecule has 134 valence electrons.